The smallest absolute Gasteiger partial charge is 0.293 e. The van der Waals surface area contributed by atoms with Crippen LogP contribution in [0, 0.1) is 10.1 Å². The molecular weight excluding hydrogens is 278 g/mol. The third kappa shape index (κ3) is 4.69. The number of ether oxygens (including phenoxy) is 2. The lowest BCUT2D eigenvalue weighted by atomic mass is 10.1. The average Bonchev–Trinajstić information content (AvgIpc) is 2.50. The van der Waals surface area contributed by atoms with Crippen LogP contribution in [0.15, 0.2) is 18.2 Å². The molecule has 0 bridgehead atoms. The molecule has 1 atom stereocenters. The fourth-order valence-electron chi connectivity index (χ4n) is 1.74. The minimum Gasteiger partial charge on any atom is -0.383 e. The molecule has 8 nitrogen and oxygen atoms in total. The van der Waals surface area contributed by atoms with Crippen molar-refractivity contribution in [1.82, 2.24) is 5.32 Å². The van der Waals surface area contributed by atoms with Crippen molar-refractivity contribution >= 4 is 17.3 Å². The highest BCUT2D eigenvalue weighted by Gasteiger charge is 2.17. The number of nitro benzene ring substituents is 1. The molecule has 1 aromatic carbocycles. The molecule has 1 aromatic rings. The highest BCUT2D eigenvalue weighted by molar-refractivity contribution is 5.95. The van der Waals surface area contributed by atoms with Gasteiger partial charge >= 0.3 is 0 Å². The maximum Gasteiger partial charge on any atom is 0.293 e. The van der Waals surface area contributed by atoms with Gasteiger partial charge in [-0.15, -0.1) is 0 Å². The van der Waals surface area contributed by atoms with E-state index in [1.54, 1.807) is 7.05 Å². The number of rotatable bonds is 8. The van der Waals surface area contributed by atoms with Crippen molar-refractivity contribution in [3.63, 3.8) is 0 Å². The molecule has 0 saturated heterocycles. The first-order chi connectivity index (χ1) is 10.0. The summed E-state index contributed by atoms with van der Waals surface area (Å²) in [7, 11) is 4.63. The van der Waals surface area contributed by atoms with Crippen LogP contribution >= 0.6 is 0 Å². The zero-order valence-corrected chi connectivity index (χ0v) is 12.2. The van der Waals surface area contributed by atoms with Crippen LogP contribution in [0.25, 0.3) is 0 Å². The summed E-state index contributed by atoms with van der Waals surface area (Å²) in [4.78, 5) is 22.4. The highest BCUT2D eigenvalue weighted by Crippen LogP contribution is 2.24. The topological polar surface area (TPSA) is 103 Å². The Bertz CT molecular complexity index is 507. The molecule has 116 valence electrons. The maximum absolute atomic E-state index is 12.0. The van der Waals surface area contributed by atoms with Gasteiger partial charge in [-0.05, 0) is 12.1 Å². The molecule has 0 spiro atoms. The Hall–Kier alpha value is -2.19. The summed E-state index contributed by atoms with van der Waals surface area (Å²) in [6.45, 7) is 0.598. The molecule has 2 N–H and O–H groups in total. The quantitative estimate of drug-likeness (QED) is 0.548. The van der Waals surface area contributed by atoms with Gasteiger partial charge in [0, 0.05) is 39.4 Å². The number of nitrogens with zero attached hydrogens (tertiary/aromatic N) is 1. The van der Waals surface area contributed by atoms with E-state index in [9.17, 15) is 14.9 Å². The van der Waals surface area contributed by atoms with Gasteiger partial charge in [-0.3, -0.25) is 14.9 Å². The molecule has 0 saturated carbocycles. The van der Waals surface area contributed by atoms with Gasteiger partial charge in [0.25, 0.3) is 11.6 Å². The number of anilines is 1. The Kier molecular flexibility index (Phi) is 6.57. The standard InChI is InChI=1S/C13H19N3O5/c1-14-11-5-4-9(6-12(11)16(18)19)13(17)15-7-10(21-3)8-20-2/h4-6,10,14H,7-8H2,1-3H3,(H,15,17). The molecule has 0 aliphatic rings. The van der Waals surface area contributed by atoms with Crippen LogP contribution in [-0.4, -0.2) is 51.4 Å². The molecule has 0 aliphatic carbocycles. The molecule has 0 radical (unpaired) electrons. The largest absolute Gasteiger partial charge is 0.383 e. The number of nitrogens with one attached hydrogen (secondary N) is 2. The van der Waals surface area contributed by atoms with E-state index in [2.05, 4.69) is 10.6 Å². The van der Waals surface area contributed by atoms with Crippen molar-refractivity contribution in [2.24, 2.45) is 0 Å². The van der Waals surface area contributed by atoms with Crippen LogP contribution in [0.5, 0.6) is 0 Å². The van der Waals surface area contributed by atoms with Crippen molar-refractivity contribution < 1.29 is 19.2 Å². The van der Waals surface area contributed by atoms with E-state index in [4.69, 9.17) is 9.47 Å². The number of carbonyl (C=O) groups is 1. The molecule has 1 unspecified atom stereocenters. The molecular formula is C13H19N3O5. The number of hydrogen-bond donors (Lipinski definition) is 2. The van der Waals surface area contributed by atoms with E-state index in [1.165, 1.54) is 32.4 Å². The lowest BCUT2D eigenvalue weighted by molar-refractivity contribution is -0.384. The van der Waals surface area contributed by atoms with Crippen molar-refractivity contribution in [3.05, 3.63) is 33.9 Å². The second kappa shape index (κ2) is 8.18. The number of amides is 1. The van der Waals surface area contributed by atoms with E-state index in [1.807, 2.05) is 0 Å². The third-order valence-corrected chi connectivity index (χ3v) is 2.90. The van der Waals surface area contributed by atoms with Gasteiger partial charge in [0.2, 0.25) is 0 Å². The molecule has 0 fully saturated rings. The van der Waals surface area contributed by atoms with E-state index in [-0.39, 0.29) is 23.9 Å². The van der Waals surface area contributed by atoms with Crippen molar-refractivity contribution in [3.8, 4) is 0 Å². The fourth-order valence-corrected chi connectivity index (χ4v) is 1.74. The first-order valence-corrected chi connectivity index (χ1v) is 6.29. The first kappa shape index (κ1) is 16.9. The molecule has 21 heavy (non-hydrogen) atoms. The van der Waals surface area contributed by atoms with Crippen LogP contribution in [0.4, 0.5) is 11.4 Å². The average molecular weight is 297 g/mol. The summed E-state index contributed by atoms with van der Waals surface area (Å²) in [6.07, 6.45) is -0.273. The molecule has 1 rings (SSSR count). The van der Waals surface area contributed by atoms with E-state index < -0.39 is 10.8 Å². The predicted molar refractivity (Wildman–Crippen MR) is 77.6 cm³/mol. The number of carbonyl (C=O) groups excluding carboxylic acids is 1. The normalized spacial score (nSPS) is 11.8. The van der Waals surface area contributed by atoms with Gasteiger partial charge in [-0.25, -0.2) is 0 Å². The van der Waals surface area contributed by atoms with Gasteiger partial charge in [-0.1, -0.05) is 0 Å². The van der Waals surface area contributed by atoms with Gasteiger partial charge in [0.05, 0.1) is 17.6 Å². The monoisotopic (exact) mass is 297 g/mol. The molecule has 8 heteroatoms. The Morgan fingerprint density at radius 2 is 2.14 bits per heavy atom. The zero-order chi connectivity index (χ0) is 15.8. The minimum atomic E-state index is -0.536. The number of nitro groups is 1. The number of methoxy groups -OCH3 is 2. The molecule has 0 aliphatic heterocycles. The van der Waals surface area contributed by atoms with Crippen molar-refractivity contribution in [1.29, 1.82) is 0 Å². The summed E-state index contributed by atoms with van der Waals surface area (Å²) in [5, 5.41) is 16.3. The van der Waals surface area contributed by atoms with Gasteiger partial charge < -0.3 is 20.1 Å². The Balaban J connectivity index is 2.78. The minimum absolute atomic E-state index is 0.148. The summed E-state index contributed by atoms with van der Waals surface area (Å²) in [5.74, 6) is -0.404. The van der Waals surface area contributed by atoms with Crippen LogP contribution in [0.1, 0.15) is 10.4 Å². The van der Waals surface area contributed by atoms with Crippen molar-refractivity contribution in [2.75, 3.05) is 39.7 Å². The summed E-state index contributed by atoms with van der Waals surface area (Å²) < 4.78 is 10.1. The van der Waals surface area contributed by atoms with E-state index in [0.717, 1.165) is 0 Å². The van der Waals surface area contributed by atoms with Crippen LogP contribution in [0.2, 0.25) is 0 Å². The third-order valence-electron chi connectivity index (χ3n) is 2.90. The van der Waals surface area contributed by atoms with Gasteiger partial charge in [-0.2, -0.15) is 0 Å². The lowest BCUT2D eigenvalue weighted by Gasteiger charge is -2.15. The zero-order valence-electron chi connectivity index (χ0n) is 12.2. The number of hydrogen-bond acceptors (Lipinski definition) is 6. The second-order valence-corrected chi connectivity index (χ2v) is 4.26. The van der Waals surface area contributed by atoms with E-state index in [0.29, 0.717) is 12.3 Å². The number of benzene rings is 1. The first-order valence-electron chi connectivity index (χ1n) is 6.29. The van der Waals surface area contributed by atoms with E-state index >= 15 is 0 Å². The van der Waals surface area contributed by atoms with Gasteiger partial charge in [0.1, 0.15) is 5.69 Å². The summed E-state index contributed by atoms with van der Waals surface area (Å²) in [5.41, 5.74) is 0.420. The van der Waals surface area contributed by atoms with Crippen LogP contribution in [-0.2, 0) is 9.47 Å². The highest BCUT2D eigenvalue weighted by atomic mass is 16.6. The lowest BCUT2D eigenvalue weighted by Crippen LogP contribution is -2.35. The van der Waals surface area contributed by atoms with Crippen molar-refractivity contribution in [2.45, 2.75) is 6.10 Å². The summed E-state index contributed by atoms with van der Waals surface area (Å²) in [6, 6.07) is 4.25. The van der Waals surface area contributed by atoms with Crippen LogP contribution in [0.3, 0.4) is 0 Å². The summed E-state index contributed by atoms with van der Waals surface area (Å²) >= 11 is 0. The Morgan fingerprint density at radius 3 is 2.67 bits per heavy atom. The van der Waals surface area contributed by atoms with Gasteiger partial charge in [0.15, 0.2) is 0 Å². The van der Waals surface area contributed by atoms with Crippen LogP contribution < -0.4 is 10.6 Å². The predicted octanol–water partition coefficient (Wildman–Crippen LogP) is 1.03. The molecule has 0 aromatic heterocycles. The fraction of sp³-hybridized carbons (Fsp3) is 0.462. The molecule has 0 heterocycles. The second-order valence-electron chi connectivity index (χ2n) is 4.26. The molecule has 1 amide bonds. The Labute approximate surface area is 122 Å². The SMILES string of the molecule is CNc1ccc(C(=O)NCC(COC)OC)cc1[N+](=O)[O-]. The maximum atomic E-state index is 12.0. The Morgan fingerprint density at radius 1 is 1.43 bits per heavy atom.